The molecule has 0 fully saturated rings. The first kappa shape index (κ1) is 12.5. The van der Waals surface area contributed by atoms with Gasteiger partial charge in [0.05, 0.1) is 5.02 Å². The SMILES string of the molecule is Fc1cc(NC2CCc3ccccc3C2)ccc1Cl. The van der Waals surface area contributed by atoms with Crippen molar-refractivity contribution in [1.29, 1.82) is 0 Å². The standard InChI is InChI=1S/C16H15ClFN/c17-15-8-7-14(10-16(15)18)19-13-6-5-11-3-1-2-4-12(11)9-13/h1-4,7-8,10,13,19H,5-6,9H2. The van der Waals surface area contributed by atoms with Crippen LogP contribution < -0.4 is 5.32 Å². The van der Waals surface area contributed by atoms with Gasteiger partial charge < -0.3 is 5.32 Å². The first-order valence-electron chi connectivity index (χ1n) is 6.51. The minimum Gasteiger partial charge on any atom is -0.382 e. The minimum atomic E-state index is -0.372. The van der Waals surface area contributed by atoms with E-state index in [0.717, 1.165) is 24.9 Å². The largest absolute Gasteiger partial charge is 0.382 e. The van der Waals surface area contributed by atoms with Crippen molar-refractivity contribution in [2.24, 2.45) is 0 Å². The zero-order valence-corrected chi connectivity index (χ0v) is 11.3. The summed E-state index contributed by atoms with van der Waals surface area (Å²) < 4.78 is 13.4. The van der Waals surface area contributed by atoms with Gasteiger partial charge in [0.25, 0.3) is 0 Å². The van der Waals surface area contributed by atoms with Gasteiger partial charge in [-0.25, -0.2) is 4.39 Å². The molecule has 0 saturated heterocycles. The van der Waals surface area contributed by atoms with Crippen LogP contribution in [0, 0.1) is 5.82 Å². The number of anilines is 1. The highest BCUT2D eigenvalue weighted by Gasteiger charge is 2.18. The van der Waals surface area contributed by atoms with Gasteiger partial charge in [-0.1, -0.05) is 35.9 Å². The van der Waals surface area contributed by atoms with Crippen molar-refractivity contribution in [3.05, 3.63) is 64.4 Å². The number of halogens is 2. The molecule has 0 bridgehead atoms. The van der Waals surface area contributed by atoms with Crippen LogP contribution in [0.4, 0.5) is 10.1 Å². The molecule has 2 aromatic rings. The lowest BCUT2D eigenvalue weighted by Gasteiger charge is -2.26. The molecule has 3 rings (SSSR count). The number of nitrogens with one attached hydrogen (secondary N) is 1. The van der Waals surface area contributed by atoms with Crippen LogP contribution in [0.1, 0.15) is 17.5 Å². The Kier molecular flexibility index (Phi) is 3.43. The van der Waals surface area contributed by atoms with E-state index in [2.05, 4.69) is 29.6 Å². The zero-order chi connectivity index (χ0) is 13.2. The van der Waals surface area contributed by atoms with E-state index in [-0.39, 0.29) is 10.8 Å². The molecule has 0 amide bonds. The first-order chi connectivity index (χ1) is 9.22. The number of benzene rings is 2. The van der Waals surface area contributed by atoms with Crippen molar-refractivity contribution in [3.63, 3.8) is 0 Å². The quantitative estimate of drug-likeness (QED) is 0.854. The molecule has 0 heterocycles. The van der Waals surface area contributed by atoms with Crippen molar-refractivity contribution >= 4 is 17.3 Å². The predicted molar refractivity (Wildman–Crippen MR) is 77.3 cm³/mol. The molecule has 1 atom stereocenters. The Morgan fingerprint density at radius 3 is 2.68 bits per heavy atom. The Morgan fingerprint density at radius 1 is 1.11 bits per heavy atom. The second kappa shape index (κ2) is 5.22. The van der Waals surface area contributed by atoms with Crippen molar-refractivity contribution in [2.45, 2.75) is 25.3 Å². The Bertz CT molecular complexity index is 597. The Labute approximate surface area is 117 Å². The number of fused-ring (bicyclic) bond motifs is 1. The van der Waals surface area contributed by atoms with Crippen LogP contribution in [0.5, 0.6) is 0 Å². The summed E-state index contributed by atoms with van der Waals surface area (Å²) in [6.45, 7) is 0. The van der Waals surface area contributed by atoms with E-state index in [9.17, 15) is 4.39 Å². The van der Waals surface area contributed by atoms with Gasteiger partial charge in [-0.3, -0.25) is 0 Å². The summed E-state index contributed by atoms with van der Waals surface area (Å²) in [5.74, 6) is -0.372. The second-order valence-corrected chi connectivity index (χ2v) is 5.39. The predicted octanol–water partition coefficient (Wildman–Crippen LogP) is 4.45. The van der Waals surface area contributed by atoms with Gasteiger partial charge in [0.15, 0.2) is 0 Å². The first-order valence-corrected chi connectivity index (χ1v) is 6.88. The van der Waals surface area contributed by atoms with Crippen molar-refractivity contribution in [3.8, 4) is 0 Å². The highest BCUT2D eigenvalue weighted by atomic mass is 35.5. The van der Waals surface area contributed by atoms with E-state index >= 15 is 0 Å². The van der Waals surface area contributed by atoms with Gasteiger partial charge in [0.1, 0.15) is 5.82 Å². The van der Waals surface area contributed by atoms with Crippen LogP contribution in [0.2, 0.25) is 5.02 Å². The lowest BCUT2D eigenvalue weighted by atomic mass is 9.88. The average molecular weight is 276 g/mol. The lowest BCUT2D eigenvalue weighted by Crippen LogP contribution is -2.27. The normalized spacial score (nSPS) is 17.9. The third-order valence-electron chi connectivity index (χ3n) is 3.64. The van der Waals surface area contributed by atoms with Crippen LogP contribution in [0.3, 0.4) is 0 Å². The Morgan fingerprint density at radius 2 is 1.89 bits per heavy atom. The molecule has 3 heteroatoms. The van der Waals surface area contributed by atoms with Gasteiger partial charge in [-0.05, 0) is 48.6 Å². The van der Waals surface area contributed by atoms with Crippen LogP contribution in [0.25, 0.3) is 0 Å². The third kappa shape index (κ3) is 2.74. The van der Waals surface area contributed by atoms with E-state index in [1.807, 2.05) is 6.07 Å². The van der Waals surface area contributed by atoms with Gasteiger partial charge in [-0.15, -0.1) is 0 Å². The van der Waals surface area contributed by atoms with Gasteiger partial charge in [0.2, 0.25) is 0 Å². The second-order valence-electron chi connectivity index (χ2n) is 4.98. The molecule has 0 aliphatic heterocycles. The molecule has 98 valence electrons. The molecular formula is C16H15ClFN. The molecule has 0 radical (unpaired) electrons. The molecule has 1 aliphatic rings. The molecule has 19 heavy (non-hydrogen) atoms. The van der Waals surface area contributed by atoms with Crippen LogP contribution >= 0.6 is 11.6 Å². The molecule has 1 aliphatic carbocycles. The molecule has 0 aromatic heterocycles. The summed E-state index contributed by atoms with van der Waals surface area (Å²) >= 11 is 5.69. The van der Waals surface area contributed by atoms with Gasteiger partial charge in [-0.2, -0.15) is 0 Å². The monoisotopic (exact) mass is 275 g/mol. The maximum absolute atomic E-state index is 13.4. The van der Waals surface area contributed by atoms with Crippen molar-refractivity contribution < 1.29 is 4.39 Å². The maximum Gasteiger partial charge on any atom is 0.143 e. The molecular weight excluding hydrogens is 261 g/mol. The summed E-state index contributed by atoms with van der Waals surface area (Å²) in [6.07, 6.45) is 3.13. The van der Waals surface area contributed by atoms with E-state index in [0.29, 0.717) is 6.04 Å². The number of hydrogen-bond donors (Lipinski definition) is 1. The Hall–Kier alpha value is -1.54. The number of hydrogen-bond acceptors (Lipinski definition) is 1. The highest BCUT2D eigenvalue weighted by Crippen LogP contribution is 2.25. The fourth-order valence-corrected chi connectivity index (χ4v) is 2.76. The van der Waals surface area contributed by atoms with Crippen LogP contribution in [0.15, 0.2) is 42.5 Å². The maximum atomic E-state index is 13.4. The topological polar surface area (TPSA) is 12.0 Å². The summed E-state index contributed by atoms with van der Waals surface area (Å²) in [5, 5.41) is 3.56. The number of rotatable bonds is 2. The van der Waals surface area contributed by atoms with E-state index in [4.69, 9.17) is 11.6 Å². The van der Waals surface area contributed by atoms with Crippen molar-refractivity contribution in [2.75, 3.05) is 5.32 Å². The summed E-state index contributed by atoms with van der Waals surface area (Å²) in [6, 6.07) is 13.8. The van der Waals surface area contributed by atoms with E-state index < -0.39 is 0 Å². The summed E-state index contributed by atoms with van der Waals surface area (Å²) in [5.41, 5.74) is 3.62. The van der Waals surface area contributed by atoms with E-state index in [1.165, 1.54) is 17.2 Å². The zero-order valence-electron chi connectivity index (χ0n) is 10.5. The molecule has 0 saturated carbocycles. The fraction of sp³-hybridized carbons (Fsp3) is 0.250. The third-order valence-corrected chi connectivity index (χ3v) is 3.94. The lowest BCUT2D eigenvalue weighted by molar-refractivity contribution is 0.606. The van der Waals surface area contributed by atoms with Crippen molar-refractivity contribution in [1.82, 2.24) is 0 Å². The molecule has 1 N–H and O–H groups in total. The molecule has 0 spiro atoms. The molecule has 1 unspecified atom stereocenters. The molecule has 1 nitrogen and oxygen atoms in total. The van der Waals surface area contributed by atoms with Gasteiger partial charge >= 0.3 is 0 Å². The Balaban J connectivity index is 1.73. The fourth-order valence-electron chi connectivity index (χ4n) is 2.64. The average Bonchev–Trinajstić information content (AvgIpc) is 2.43. The number of aryl methyl sites for hydroxylation is 1. The van der Waals surface area contributed by atoms with Crippen LogP contribution in [-0.2, 0) is 12.8 Å². The smallest absolute Gasteiger partial charge is 0.143 e. The highest BCUT2D eigenvalue weighted by molar-refractivity contribution is 6.30. The minimum absolute atomic E-state index is 0.166. The van der Waals surface area contributed by atoms with E-state index in [1.54, 1.807) is 6.07 Å². The summed E-state index contributed by atoms with van der Waals surface area (Å²) in [4.78, 5) is 0. The molecule has 2 aromatic carbocycles. The summed E-state index contributed by atoms with van der Waals surface area (Å²) in [7, 11) is 0. The van der Waals surface area contributed by atoms with Crippen LogP contribution in [-0.4, -0.2) is 6.04 Å². The van der Waals surface area contributed by atoms with Gasteiger partial charge in [0, 0.05) is 11.7 Å².